The van der Waals surface area contributed by atoms with Crippen LogP contribution in [0.3, 0.4) is 0 Å². The minimum absolute atomic E-state index is 0.0720. The second-order valence-corrected chi connectivity index (χ2v) is 6.97. The standard InChI is InChI=1S/C21H23N3O2/c1-3-14-6-9-16(10-7-14)22-20(25)15-8-11-17-18(13-15)23(2)19-5-4-12-24(19)21(17)26/h6-11,13,19H,3-5,12H2,1-2H3,(H,22,25). The van der Waals surface area contributed by atoms with E-state index in [1.165, 1.54) is 5.56 Å². The van der Waals surface area contributed by atoms with E-state index in [1.807, 2.05) is 42.3 Å². The van der Waals surface area contributed by atoms with Gasteiger partial charge in [0, 0.05) is 24.8 Å². The highest BCUT2D eigenvalue weighted by atomic mass is 16.2. The molecule has 0 spiro atoms. The monoisotopic (exact) mass is 349 g/mol. The largest absolute Gasteiger partial charge is 0.354 e. The Kier molecular flexibility index (Phi) is 4.15. The maximum absolute atomic E-state index is 12.7. The third kappa shape index (κ3) is 2.73. The first-order valence-electron chi connectivity index (χ1n) is 9.16. The molecule has 26 heavy (non-hydrogen) atoms. The lowest BCUT2D eigenvalue weighted by molar-refractivity contribution is 0.0719. The molecule has 0 bridgehead atoms. The van der Waals surface area contributed by atoms with Gasteiger partial charge in [-0.25, -0.2) is 0 Å². The summed E-state index contributed by atoms with van der Waals surface area (Å²) >= 11 is 0. The van der Waals surface area contributed by atoms with Crippen LogP contribution in [0.4, 0.5) is 11.4 Å². The van der Waals surface area contributed by atoms with Gasteiger partial charge in [0.15, 0.2) is 0 Å². The molecule has 0 saturated carbocycles. The van der Waals surface area contributed by atoms with E-state index >= 15 is 0 Å². The average Bonchev–Trinajstić information content (AvgIpc) is 3.16. The van der Waals surface area contributed by atoms with Crippen molar-refractivity contribution in [3.05, 3.63) is 59.2 Å². The van der Waals surface area contributed by atoms with Crippen LogP contribution >= 0.6 is 0 Å². The fourth-order valence-corrected chi connectivity index (χ4v) is 3.88. The second-order valence-electron chi connectivity index (χ2n) is 6.97. The zero-order valence-corrected chi connectivity index (χ0v) is 15.2. The third-order valence-corrected chi connectivity index (χ3v) is 5.42. The number of carbonyl (C=O) groups is 2. The Bertz CT molecular complexity index is 860. The number of benzene rings is 2. The molecular weight excluding hydrogens is 326 g/mol. The summed E-state index contributed by atoms with van der Waals surface area (Å²) in [6.07, 6.45) is 3.07. The number of anilines is 2. The molecule has 1 unspecified atom stereocenters. The van der Waals surface area contributed by atoms with E-state index in [2.05, 4.69) is 17.1 Å². The van der Waals surface area contributed by atoms with Crippen LogP contribution in [0.2, 0.25) is 0 Å². The summed E-state index contributed by atoms with van der Waals surface area (Å²) in [5.74, 6) is -0.0885. The fourth-order valence-electron chi connectivity index (χ4n) is 3.88. The first-order chi connectivity index (χ1) is 12.6. The molecule has 2 aliphatic heterocycles. The van der Waals surface area contributed by atoms with E-state index in [9.17, 15) is 9.59 Å². The molecule has 1 N–H and O–H groups in total. The van der Waals surface area contributed by atoms with Crippen LogP contribution in [0.1, 0.15) is 46.0 Å². The molecule has 2 amide bonds. The van der Waals surface area contributed by atoms with Crippen LogP contribution in [0.15, 0.2) is 42.5 Å². The van der Waals surface area contributed by atoms with Gasteiger partial charge in [0.25, 0.3) is 11.8 Å². The maximum Gasteiger partial charge on any atom is 0.257 e. The number of hydrogen-bond donors (Lipinski definition) is 1. The molecule has 0 aliphatic carbocycles. The lowest BCUT2D eigenvalue weighted by Crippen LogP contribution is -2.50. The van der Waals surface area contributed by atoms with Gasteiger partial charge in [-0.2, -0.15) is 0 Å². The van der Waals surface area contributed by atoms with Crippen molar-refractivity contribution in [1.82, 2.24) is 4.90 Å². The van der Waals surface area contributed by atoms with E-state index in [0.29, 0.717) is 11.1 Å². The van der Waals surface area contributed by atoms with Gasteiger partial charge in [0.2, 0.25) is 0 Å². The van der Waals surface area contributed by atoms with Crippen molar-refractivity contribution in [2.45, 2.75) is 32.4 Å². The number of aryl methyl sites for hydroxylation is 1. The van der Waals surface area contributed by atoms with E-state index in [-0.39, 0.29) is 18.0 Å². The van der Waals surface area contributed by atoms with Crippen molar-refractivity contribution in [2.75, 3.05) is 23.8 Å². The summed E-state index contributed by atoms with van der Waals surface area (Å²) in [7, 11) is 2.00. The Labute approximate surface area is 153 Å². The predicted octanol–water partition coefficient (Wildman–Crippen LogP) is 3.51. The van der Waals surface area contributed by atoms with Gasteiger partial charge in [-0.05, 0) is 55.2 Å². The Balaban J connectivity index is 1.59. The zero-order valence-electron chi connectivity index (χ0n) is 15.2. The van der Waals surface area contributed by atoms with E-state index in [0.717, 1.165) is 37.2 Å². The normalized spacial score (nSPS) is 18.5. The van der Waals surface area contributed by atoms with Crippen LogP contribution in [-0.2, 0) is 6.42 Å². The molecule has 4 rings (SSSR count). The molecule has 1 atom stereocenters. The molecule has 134 valence electrons. The molecule has 0 aromatic heterocycles. The summed E-state index contributed by atoms with van der Waals surface area (Å²) in [6.45, 7) is 2.91. The van der Waals surface area contributed by atoms with Crippen molar-refractivity contribution in [3.8, 4) is 0 Å². The molecule has 2 heterocycles. The van der Waals surface area contributed by atoms with Crippen molar-refractivity contribution in [3.63, 3.8) is 0 Å². The minimum Gasteiger partial charge on any atom is -0.354 e. The average molecular weight is 349 g/mol. The van der Waals surface area contributed by atoms with Crippen molar-refractivity contribution in [2.24, 2.45) is 0 Å². The zero-order chi connectivity index (χ0) is 18.3. The fraction of sp³-hybridized carbons (Fsp3) is 0.333. The highest BCUT2D eigenvalue weighted by Crippen LogP contribution is 2.35. The van der Waals surface area contributed by atoms with E-state index in [1.54, 1.807) is 12.1 Å². The second kappa shape index (κ2) is 6.48. The molecule has 5 nitrogen and oxygen atoms in total. The molecular formula is C21H23N3O2. The van der Waals surface area contributed by atoms with Gasteiger partial charge in [-0.15, -0.1) is 0 Å². The van der Waals surface area contributed by atoms with Crippen LogP contribution in [0, 0.1) is 0 Å². The van der Waals surface area contributed by atoms with Gasteiger partial charge >= 0.3 is 0 Å². The van der Waals surface area contributed by atoms with Crippen LogP contribution < -0.4 is 10.2 Å². The number of hydrogen-bond acceptors (Lipinski definition) is 3. The molecule has 0 radical (unpaired) electrons. The highest BCUT2D eigenvalue weighted by Gasteiger charge is 2.38. The number of fused-ring (bicyclic) bond motifs is 2. The van der Waals surface area contributed by atoms with Crippen molar-refractivity contribution >= 4 is 23.2 Å². The quantitative estimate of drug-likeness (QED) is 0.922. The number of amides is 2. The number of nitrogens with zero attached hydrogens (tertiary/aromatic N) is 2. The van der Waals surface area contributed by atoms with E-state index in [4.69, 9.17) is 0 Å². The molecule has 2 aliphatic rings. The predicted molar refractivity (Wildman–Crippen MR) is 103 cm³/mol. The van der Waals surface area contributed by atoms with Crippen molar-refractivity contribution < 1.29 is 9.59 Å². The molecule has 1 fully saturated rings. The third-order valence-electron chi connectivity index (χ3n) is 5.42. The summed E-state index contributed by atoms with van der Waals surface area (Å²) < 4.78 is 0. The summed E-state index contributed by atoms with van der Waals surface area (Å²) in [5.41, 5.74) is 4.09. The highest BCUT2D eigenvalue weighted by molar-refractivity contribution is 6.08. The Morgan fingerprint density at radius 1 is 1.19 bits per heavy atom. The Morgan fingerprint density at radius 2 is 1.96 bits per heavy atom. The smallest absolute Gasteiger partial charge is 0.257 e. The number of carbonyl (C=O) groups excluding carboxylic acids is 2. The van der Waals surface area contributed by atoms with Gasteiger partial charge in [-0.1, -0.05) is 19.1 Å². The topological polar surface area (TPSA) is 52.7 Å². The van der Waals surface area contributed by atoms with Crippen LogP contribution in [-0.4, -0.2) is 36.5 Å². The lowest BCUT2D eigenvalue weighted by atomic mass is 10.0. The van der Waals surface area contributed by atoms with Crippen molar-refractivity contribution in [1.29, 1.82) is 0 Å². The lowest BCUT2D eigenvalue weighted by Gasteiger charge is -2.40. The molecule has 1 saturated heterocycles. The molecule has 2 aromatic carbocycles. The first-order valence-corrected chi connectivity index (χ1v) is 9.16. The summed E-state index contributed by atoms with van der Waals surface area (Å²) in [4.78, 5) is 29.4. The Morgan fingerprint density at radius 3 is 2.69 bits per heavy atom. The van der Waals surface area contributed by atoms with Gasteiger partial charge in [-0.3, -0.25) is 9.59 Å². The Hall–Kier alpha value is -2.82. The van der Waals surface area contributed by atoms with Crippen LogP contribution in [0.5, 0.6) is 0 Å². The molecule has 5 heteroatoms. The van der Waals surface area contributed by atoms with E-state index < -0.39 is 0 Å². The summed E-state index contributed by atoms with van der Waals surface area (Å²) in [6, 6.07) is 13.2. The first kappa shape index (κ1) is 16.6. The number of rotatable bonds is 3. The maximum atomic E-state index is 12.7. The summed E-state index contributed by atoms with van der Waals surface area (Å²) in [5, 5.41) is 2.94. The molecule has 2 aromatic rings. The SMILES string of the molecule is CCc1ccc(NC(=O)c2ccc3c(c2)N(C)C2CCCN2C3=O)cc1. The van der Waals surface area contributed by atoms with Gasteiger partial charge < -0.3 is 15.1 Å². The minimum atomic E-state index is -0.160. The van der Waals surface area contributed by atoms with Gasteiger partial charge in [0.1, 0.15) is 6.17 Å². The number of nitrogens with one attached hydrogen (secondary N) is 1. The van der Waals surface area contributed by atoms with Gasteiger partial charge in [0.05, 0.1) is 11.3 Å². The van der Waals surface area contributed by atoms with Crippen LogP contribution in [0.25, 0.3) is 0 Å².